The van der Waals surface area contributed by atoms with Crippen molar-refractivity contribution in [3.63, 3.8) is 0 Å². The lowest BCUT2D eigenvalue weighted by atomic mass is 10.1. The van der Waals surface area contributed by atoms with Gasteiger partial charge in [0.25, 0.3) is 0 Å². The third kappa shape index (κ3) is 2.69. The van der Waals surface area contributed by atoms with Crippen LogP contribution in [0.1, 0.15) is 15.9 Å². The minimum Gasteiger partial charge on any atom is -0.478 e. The van der Waals surface area contributed by atoms with E-state index in [9.17, 15) is 4.79 Å². The van der Waals surface area contributed by atoms with Crippen molar-refractivity contribution in [1.29, 1.82) is 0 Å². The van der Waals surface area contributed by atoms with Crippen molar-refractivity contribution >= 4 is 5.97 Å². The van der Waals surface area contributed by atoms with Crippen molar-refractivity contribution < 1.29 is 9.90 Å². The fraction of sp³-hybridized carbons (Fsp3) is 0.0588. The van der Waals surface area contributed by atoms with Gasteiger partial charge in [-0.1, -0.05) is 29.8 Å². The molecular formula is C17H14N2O2. The van der Waals surface area contributed by atoms with Gasteiger partial charge in [0, 0.05) is 11.8 Å². The van der Waals surface area contributed by atoms with Crippen LogP contribution >= 0.6 is 0 Å². The molecular weight excluding hydrogens is 264 g/mol. The summed E-state index contributed by atoms with van der Waals surface area (Å²) in [7, 11) is 0. The summed E-state index contributed by atoms with van der Waals surface area (Å²) in [6.45, 7) is 2.04. The first-order valence-corrected chi connectivity index (χ1v) is 6.60. The molecule has 0 spiro atoms. The maximum Gasteiger partial charge on any atom is 0.335 e. The van der Waals surface area contributed by atoms with Crippen molar-refractivity contribution in [2.75, 3.05) is 0 Å². The number of aromatic carboxylic acids is 1. The highest BCUT2D eigenvalue weighted by atomic mass is 16.4. The van der Waals surface area contributed by atoms with Gasteiger partial charge in [0.05, 0.1) is 16.9 Å². The second-order valence-corrected chi connectivity index (χ2v) is 4.87. The maximum atomic E-state index is 11.0. The molecule has 1 aromatic heterocycles. The normalized spacial score (nSPS) is 10.5. The lowest BCUT2D eigenvalue weighted by Gasteiger charge is -2.03. The molecule has 2 aromatic carbocycles. The molecule has 1 N–H and O–H groups in total. The molecule has 3 rings (SSSR count). The minimum atomic E-state index is -0.942. The molecule has 1 heterocycles. The van der Waals surface area contributed by atoms with Gasteiger partial charge >= 0.3 is 5.97 Å². The third-order valence-electron chi connectivity index (χ3n) is 3.26. The Hall–Kier alpha value is -2.88. The number of carboxylic acid groups (broad SMARTS) is 1. The van der Waals surface area contributed by atoms with Crippen LogP contribution in [0.5, 0.6) is 0 Å². The fourth-order valence-electron chi connectivity index (χ4n) is 2.21. The lowest BCUT2D eigenvalue weighted by molar-refractivity contribution is 0.0697. The first kappa shape index (κ1) is 13.1. The molecule has 0 atom stereocenters. The number of nitrogens with zero attached hydrogens (tertiary/aromatic N) is 2. The van der Waals surface area contributed by atoms with Gasteiger partial charge in [0.1, 0.15) is 0 Å². The van der Waals surface area contributed by atoms with E-state index in [2.05, 4.69) is 11.2 Å². The Morgan fingerprint density at radius 1 is 1.10 bits per heavy atom. The summed E-state index contributed by atoms with van der Waals surface area (Å²) in [5.41, 5.74) is 4.06. The Morgan fingerprint density at radius 2 is 1.90 bits per heavy atom. The highest BCUT2D eigenvalue weighted by Gasteiger charge is 2.07. The van der Waals surface area contributed by atoms with E-state index in [1.54, 1.807) is 22.9 Å². The average Bonchev–Trinajstić information content (AvgIpc) is 2.97. The van der Waals surface area contributed by atoms with E-state index in [4.69, 9.17) is 5.11 Å². The average molecular weight is 278 g/mol. The highest BCUT2D eigenvalue weighted by molar-refractivity contribution is 5.88. The SMILES string of the molecule is Cc1cccc(-c2ccn(-c3cccc(C(=O)O)c3)n2)c1. The van der Waals surface area contributed by atoms with Gasteiger partial charge in [0.15, 0.2) is 0 Å². The molecule has 0 aliphatic carbocycles. The van der Waals surface area contributed by atoms with E-state index < -0.39 is 5.97 Å². The first-order valence-electron chi connectivity index (χ1n) is 6.60. The number of carboxylic acids is 1. The lowest BCUT2D eigenvalue weighted by Crippen LogP contribution is -2.00. The summed E-state index contributed by atoms with van der Waals surface area (Å²) in [4.78, 5) is 11.0. The van der Waals surface area contributed by atoms with Gasteiger partial charge in [-0.05, 0) is 37.3 Å². The number of hydrogen-bond donors (Lipinski definition) is 1. The van der Waals surface area contributed by atoms with Gasteiger partial charge in [0.2, 0.25) is 0 Å². The molecule has 0 bridgehead atoms. The predicted octanol–water partition coefficient (Wildman–Crippen LogP) is 3.55. The highest BCUT2D eigenvalue weighted by Crippen LogP contribution is 2.20. The van der Waals surface area contributed by atoms with Gasteiger partial charge in [-0.2, -0.15) is 5.10 Å². The van der Waals surface area contributed by atoms with E-state index in [-0.39, 0.29) is 5.56 Å². The monoisotopic (exact) mass is 278 g/mol. The summed E-state index contributed by atoms with van der Waals surface area (Å²) in [6.07, 6.45) is 1.83. The summed E-state index contributed by atoms with van der Waals surface area (Å²) in [5.74, 6) is -0.942. The molecule has 3 aromatic rings. The summed E-state index contributed by atoms with van der Waals surface area (Å²) in [5, 5.41) is 13.6. The molecule has 0 aliphatic rings. The van der Waals surface area contributed by atoms with Crippen LogP contribution < -0.4 is 0 Å². The van der Waals surface area contributed by atoms with E-state index in [0.29, 0.717) is 0 Å². The van der Waals surface area contributed by atoms with Crippen LogP contribution in [0.2, 0.25) is 0 Å². The molecule has 0 unspecified atom stereocenters. The molecule has 0 saturated heterocycles. The van der Waals surface area contributed by atoms with E-state index in [0.717, 1.165) is 16.9 Å². The number of benzene rings is 2. The van der Waals surface area contributed by atoms with Crippen molar-refractivity contribution in [3.8, 4) is 16.9 Å². The molecule has 21 heavy (non-hydrogen) atoms. The molecule has 4 heteroatoms. The number of rotatable bonds is 3. The maximum absolute atomic E-state index is 11.0. The van der Waals surface area contributed by atoms with Gasteiger partial charge in [-0.15, -0.1) is 0 Å². The van der Waals surface area contributed by atoms with Crippen LogP contribution in [-0.4, -0.2) is 20.9 Å². The zero-order valence-corrected chi connectivity index (χ0v) is 11.5. The first-order chi connectivity index (χ1) is 10.1. The smallest absolute Gasteiger partial charge is 0.335 e. The Balaban J connectivity index is 1.98. The molecule has 4 nitrogen and oxygen atoms in total. The largest absolute Gasteiger partial charge is 0.478 e. The van der Waals surface area contributed by atoms with E-state index in [1.807, 2.05) is 43.5 Å². The third-order valence-corrected chi connectivity index (χ3v) is 3.26. The Morgan fingerprint density at radius 3 is 2.67 bits per heavy atom. The van der Waals surface area contributed by atoms with Crippen LogP contribution in [0.15, 0.2) is 60.8 Å². The van der Waals surface area contributed by atoms with Crippen molar-refractivity contribution in [2.24, 2.45) is 0 Å². The molecule has 0 radical (unpaired) electrons. The topological polar surface area (TPSA) is 55.1 Å². The van der Waals surface area contributed by atoms with Gasteiger partial charge in [-0.25, -0.2) is 9.48 Å². The van der Waals surface area contributed by atoms with Crippen LogP contribution in [-0.2, 0) is 0 Å². The second-order valence-electron chi connectivity index (χ2n) is 4.87. The number of carbonyl (C=O) groups is 1. The van der Waals surface area contributed by atoms with Crippen molar-refractivity contribution in [3.05, 3.63) is 71.9 Å². The Kier molecular flexibility index (Phi) is 3.28. The number of hydrogen-bond acceptors (Lipinski definition) is 2. The summed E-state index contributed by atoms with van der Waals surface area (Å²) >= 11 is 0. The number of aryl methyl sites for hydroxylation is 1. The summed E-state index contributed by atoms with van der Waals surface area (Å²) in [6, 6.07) is 16.7. The van der Waals surface area contributed by atoms with Crippen LogP contribution in [0.4, 0.5) is 0 Å². The van der Waals surface area contributed by atoms with E-state index in [1.165, 1.54) is 5.56 Å². The second kappa shape index (κ2) is 5.25. The Labute approximate surface area is 122 Å². The zero-order chi connectivity index (χ0) is 14.8. The molecule has 0 fully saturated rings. The standard InChI is InChI=1S/C17H14N2O2/c1-12-4-2-5-13(10-12)16-8-9-19(18-16)15-7-3-6-14(11-15)17(20)21/h2-11H,1H3,(H,20,21). The minimum absolute atomic E-state index is 0.250. The van der Waals surface area contributed by atoms with Crippen molar-refractivity contribution in [1.82, 2.24) is 9.78 Å². The van der Waals surface area contributed by atoms with Crippen molar-refractivity contribution in [2.45, 2.75) is 6.92 Å². The summed E-state index contributed by atoms with van der Waals surface area (Å²) < 4.78 is 1.68. The molecule has 0 aliphatic heterocycles. The fourth-order valence-corrected chi connectivity index (χ4v) is 2.21. The predicted molar refractivity (Wildman–Crippen MR) is 80.7 cm³/mol. The van der Waals surface area contributed by atoms with Gasteiger partial charge in [-0.3, -0.25) is 0 Å². The molecule has 104 valence electrons. The van der Waals surface area contributed by atoms with Gasteiger partial charge < -0.3 is 5.11 Å². The van der Waals surface area contributed by atoms with Crippen LogP contribution in [0, 0.1) is 6.92 Å². The van der Waals surface area contributed by atoms with Crippen LogP contribution in [0.3, 0.4) is 0 Å². The zero-order valence-electron chi connectivity index (χ0n) is 11.5. The molecule has 0 amide bonds. The van der Waals surface area contributed by atoms with Crippen LogP contribution in [0.25, 0.3) is 16.9 Å². The molecule has 0 saturated carbocycles. The number of aromatic nitrogens is 2. The Bertz CT molecular complexity index is 806. The quantitative estimate of drug-likeness (QED) is 0.797. The van der Waals surface area contributed by atoms with E-state index >= 15 is 0 Å².